The number of furan rings is 1. The molecule has 0 saturated heterocycles. The SMILES string of the molecule is Cc1ccccc1CC(Cl)c1occc1C. The van der Waals surface area contributed by atoms with E-state index < -0.39 is 0 Å². The lowest BCUT2D eigenvalue weighted by Crippen LogP contribution is -1.98. The lowest BCUT2D eigenvalue weighted by molar-refractivity contribution is 0.499. The average Bonchev–Trinajstić information content (AvgIpc) is 2.68. The van der Waals surface area contributed by atoms with Crippen molar-refractivity contribution >= 4 is 11.6 Å². The van der Waals surface area contributed by atoms with Gasteiger partial charge in [-0.15, -0.1) is 11.6 Å². The summed E-state index contributed by atoms with van der Waals surface area (Å²) in [5.74, 6) is 0.880. The van der Waals surface area contributed by atoms with Crippen LogP contribution in [0.3, 0.4) is 0 Å². The predicted octanol–water partition coefficient (Wildman–Crippen LogP) is 4.42. The van der Waals surface area contributed by atoms with Gasteiger partial charge in [-0.05, 0) is 43.0 Å². The minimum atomic E-state index is -0.0869. The van der Waals surface area contributed by atoms with E-state index >= 15 is 0 Å². The summed E-state index contributed by atoms with van der Waals surface area (Å²) in [7, 11) is 0. The molecule has 0 bridgehead atoms. The Kier molecular flexibility index (Phi) is 3.35. The zero-order valence-electron chi connectivity index (χ0n) is 9.53. The molecule has 0 fully saturated rings. The zero-order chi connectivity index (χ0) is 11.5. The lowest BCUT2D eigenvalue weighted by atomic mass is 10.0. The van der Waals surface area contributed by atoms with Crippen LogP contribution in [-0.2, 0) is 6.42 Å². The van der Waals surface area contributed by atoms with Crippen LogP contribution in [0, 0.1) is 13.8 Å². The molecule has 84 valence electrons. The van der Waals surface area contributed by atoms with Crippen molar-refractivity contribution in [2.45, 2.75) is 25.6 Å². The molecule has 2 rings (SSSR count). The number of hydrogen-bond donors (Lipinski definition) is 0. The first-order valence-electron chi connectivity index (χ1n) is 5.41. The lowest BCUT2D eigenvalue weighted by Gasteiger charge is -2.10. The van der Waals surface area contributed by atoms with E-state index in [-0.39, 0.29) is 5.38 Å². The molecule has 2 aromatic rings. The topological polar surface area (TPSA) is 13.1 Å². The van der Waals surface area contributed by atoms with E-state index in [0.717, 1.165) is 17.7 Å². The third-order valence-corrected chi connectivity index (χ3v) is 3.20. The molecule has 0 N–H and O–H groups in total. The smallest absolute Gasteiger partial charge is 0.124 e. The maximum Gasteiger partial charge on any atom is 0.124 e. The van der Waals surface area contributed by atoms with Crippen LogP contribution < -0.4 is 0 Å². The normalized spacial score (nSPS) is 12.7. The van der Waals surface area contributed by atoms with Crippen LogP contribution >= 0.6 is 11.6 Å². The van der Waals surface area contributed by atoms with Crippen molar-refractivity contribution in [3.8, 4) is 0 Å². The van der Waals surface area contributed by atoms with Gasteiger partial charge in [0, 0.05) is 0 Å². The van der Waals surface area contributed by atoms with E-state index in [2.05, 4.69) is 19.1 Å². The monoisotopic (exact) mass is 234 g/mol. The number of halogens is 1. The molecule has 0 saturated carbocycles. The van der Waals surface area contributed by atoms with Crippen molar-refractivity contribution in [2.24, 2.45) is 0 Å². The minimum Gasteiger partial charge on any atom is -0.467 e. The molecular formula is C14H15ClO. The highest BCUT2D eigenvalue weighted by atomic mass is 35.5. The van der Waals surface area contributed by atoms with Crippen molar-refractivity contribution in [3.05, 3.63) is 59.0 Å². The first kappa shape index (κ1) is 11.3. The molecule has 0 radical (unpaired) electrons. The van der Waals surface area contributed by atoms with E-state index in [4.69, 9.17) is 16.0 Å². The predicted molar refractivity (Wildman–Crippen MR) is 66.9 cm³/mol. The molecule has 0 aliphatic heterocycles. The fourth-order valence-electron chi connectivity index (χ4n) is 1.83. The summed E-state index contributed by atoms with van der Waals surface area (Å²) in [6.45, 7) is 4.12. The quantitative estimate of drug-likeness (QED) is 0.717. The van der Waals surface area contributed by atoms with E-state index in [0.29, 0.717) is 0 Å². The second kappa shape index (κ2) is 4.75. The number of hydrogen-bond acceptors (Lipinski definition) is 1. The number of alkyl halides is 1. The summed E-state index contributed by atoms with van der Waals surface area (Å²) in [5, 5.41) is -0.0869. The third-order valence-electron chi connectivity index (χ3n) is 2.85. The van der Waals surface area contributed by atoms with Gasteiger partial charge in [0.15, 0.2) is 0 Å². The van der Waals surface area contributed by atoms with Crippen LogP contribution in [0.15, 0.2) is 41.0 Å². The Labute approximate surface area is 101 Å². The van der Waals surface area contributed by atoms with E-state index in [1.165, 1.54) is 11.1 Å². The largest absolute Gasteiger partial charge is 0.467 e. The second-order valence-corrected chi connectivity index (χ2v) is 4.59. The highest BCUT2D eigenvalue weighted by molar-refractivity contribution is 6.20. The van der Waals surface area contributed by atoms with E-state index in [9.17, 15) is 0 Å². The van der Waals surface area contributed by atoms with Crippen molar-refractivity contribution in [1.29, 1.82) is 0 Å². The van der Waals surface area contributed by atoms with Crippen molar-refractivity contribution in [3.63, 3.8) is 0 Å². The van der Waals surface area contributed by atoms with Gasteiger partial charge in [-0.1, -0.05) is 24.3 Å². The minimum absolute atomic E-state index is 0.0869. The average molecular weight is 235 g/mol. The molecule has 2 heteroatoms. The number of rotatable bonds is 3. The molecule has 0 aliphatic rings. The summed E-state index contributed by atoms with van der Waals surface area (Å²) in [6, 6.07) is 10.3. The summed E-state index contributed by atoms with van der Waals surface area (Å²) in [6.07, 6.45) is 2.50. The van der Waals surface area contributed by atoms with Crippen LogP contribution in [0.4, 0.5) is 0 Å². The van der Waals surface area contributed by atoms with Gasteiger partial charge < -0.3 is 4.42 Å². The van der Waals surface area contributed by atoms with Crippen LogP contribution in [0.2, 0.25) is 0 Å². The van der Waals surface area contributed by atoms with Crippen molar-refractivity contribution in [1.82, 2.24) is 0 Å². The molecule has 0 spiro atoms. The molecule has 1 aromatic carbocycles. The van der Waals surface area contributed by atoms with Gasteiger partial charge in [-0.2, -0.15) is 0 Å². The standard InChI is InChI=1S/C14H15ClO/c1-10-5-3-4-6-12(10)9-13(15)14-11(2)7-8-16-14/h3-8,13H,9H2,1-2H3. The maximum absolute atomic E-state index is 6.37. The van der Waals surface area contributed by atoms with Crippen LogP contribution in [0.25, 0.3) is 0 Å². The van der Waals surface area contributed by atoms with Crippen LogP contribution in [0.1, 0.15) is 27.8 Å². The molecule has 0 aliphatic carbocycles. The molecule has 1 atom stereocenters. The summed E-state index contributed by atoms with van der Waals surface area (Å²) >= 11 is 6.37. The van der Waals surface area contributed by atoms with Crippen LogP contribution in [-0.4, -0.2) is 0 Å². The highest BCUT2D eigenvalue weighted by Gasteiger charge is 2.15. The second-order valence-electron chi connectivity index (χ2n) is 4.07. The van der Waals surface area contributed by atoms with Gasteiger partial charge in [-0.25, -0.2) is 0 Å². The van der Waals surface area contributed by atoms with Crippen molar-refractivity contribution < 1.29 is 4.42 Å². The van der Waals surface area contributed by atoms with Gasteiger partial charge in [-0.3, -0.25) is 0 Å². The third kappa shape index (κ3) is 2.30. The molecular weight excluding hydrogens is 220 g/mol. The Balaban J connectivity index is 2.17. The Morgan fingerprint density at radius 2 is 1.88 bits per heavy atom. The van der Waals surface area contributed by atoms with Crippen LogP contribution in [0.5, 0.6) is 0 Å². The Morgan fingerprint density at radius 3 is 2.50 bits per heavy atom. The highest BCUT2D eigenvalue weighted by Crippen LogP contribution is 2.29. The Hall–Kier alpha value is -1.21. The molecule has 1 unspecified atom stereocenters. The summed E-state index contributed by atoms with van der Waals surface area (Å²) < 4.78 is 5.41. The fourth-order valence-corrected chi connectivity index (χ4v) is 2.22. The summed E-state index contributed by atoms with van der Waals surface area (Å²) in [4.78, 5) is 0. The zero-order valence-corrected chi connectivity index (χ0v) is 10.3. The van der Waals surface area contributed by atoms with Gasteiger partial charge in [0.05, 0.1) is 11.6 Å². The van der Waals surface area contributed by atoms with Gasteiger partial charge in [0.2, 0.25) is 0 Å². The van der Waals surface area contributed by atoms with E-state index in [1.54, 1.807) is 6.26 Å². The van der Waals surface area contributed by atoms with E-state index in [1.807, 2.05) is 25.1 Å². The summed E-state index contributed by atoms with van der Waals surface area (Å²) in [5.41, 5.74) is 3.67. The number of benzene rings is 1. The fraction of sp³-hybridized carbons (Fsp3) is 0.286. The van der Waals surface area contributed by atoms with Gasteiger partial charge in [0.1, 0.15) is 5.76 Å². The molecule has 1 nitrogen and oxygen atoms in total. The first-order chi connectivity index (χ1) is 7.68. The number of aryl methyl sites for hydroxylation is 2. The first-order valence-corrected chi connectivity index (χ1v) is 5.84. The molecule has 1 aromatic heterocycles. The molecule has 0 amide bonds. The van der Waals surface area contributed by atoms with Crippen molar-refractivity contribution in [2.75, 3.05) is 0 Å². The Morgan fingerprint density at radius 1 is 1.12 bits per heavy atom. The Bertz CT molecular complexity index is 473. The van der Waals surface area contributed by atoms with Gasteiger partial charge >= 0.3 is 0 Å². The molecule has 16 heavy (non-hydrogen) atoms. The molecule has 1 heterocycles. The maximum atomic E-state index is 6.37. The van der Waals surface area contributed by atoms with Gasteiger partial charge in [0.25, 0.3) is 0 Å².